The number of urea groups is 1. The first-order valence-electron chi connectivity index (χ1n) is 10.4. The molecule has 0 aliphatic carbocycles. The maximum atomic E-state index is 13.3. The van der Waals surface area contributed by atoms with Crippen molar-refractivity contribution in [3.63, 3.8) is 0 Å². The van der Waals surface area contributed by atoms with E-state index in [1.165, 1.54) is 11.3 Å². The summed E-state index contributed by atoms with van der Waals surface area (Å²) >= 11 is 8.30. The highest BCUT2D eigenvalue weighted by Gasteiger charge is 2.63. The number of hydrogen-bond acceptors (Lipinski definition) is 9. The lowest BCUT2D eigenvalue weighted by atomic mass is 9.66. The van der Waals surface area contributed by atoms with E-state index in [0.29, 0.717) is 39.5 Å². The zero-order chi connectivity index (χ0) is 23.1. The predicted molar refractivity (Wildman–Crippen MR) is 119 cm³/mol. The van der Waals surface area contributed by atoms with E-state index in [9.17, 15) is 14.4 Å². The van der Waals surface area contributed by atoms with Gasteiger partial charge in [-0.05, 0) is 31.9 Å². The Morgan fingerprint density at radius 3 is 2.70 bits per heavy atom. The number of carbonyl (C=O) groups is 3. The normalized spacial score (nSPS) is 26.2. The zero-order valence-electron chi connectivity index (χ0n) is 17.5. The topological polar surface area (TPSA) is 127 Å². The summed E-state index contributed by atoms with van der Waals surface area (Å²) in [5.41, 5.74) is 2.52. The summed E-state index contributed by atoms with van der Waals surface area (Å²) in [6.07, 6.45) is 1.07. The molecule has 2 saturated heterocycles. The Labute approximate surface area is 196 Å². The van der Waals surface area contributed by atoms with Crippen LogP contribution in [0.25, 0.3) is 21.5 Å². The molecule has 4 amide bonds. The fourth-order valence-electron chi connectivity index (χ4n) is 5.46. The van der Waals surface area contributed by atoms with E-state index in [-0.39, 0.29) is 12.5 Å². The van der Waals surface area contributed by atoms with Gasteiger partial charge in [0, 0.05) is 12.7 Å². The number of imide groups is 2. The second-order valence-corrected chi connectivity index (χ2v) is 9.87. The molecule has 33 heavy (non-hydrogen) atoms. The molecule has 0 saturated carbocycles. The van der Waals surface area contributed by atoms with Gasteiger partial charge in [0.1, 0.15) is 10.7 Å². The summed E-state index contributed by atoms with van der Waals surface area (Å²) in [6, 6.07) is 0.362. The summed E-state index contributed by atoms with van der Waals surface area (Å²) in [5, 5.41) is 9.81. The Bertz CT molecular complexity index is 1320. The van der Waals surface area contributed by atoms with E-state index >= 15 is 0 Å². The van der Waals surface area contributed by atoms with Crippen molar-refractivity contribution in [2.75, 3.05) is 11.4 Å². The molecule has 1 spiro atoms. The molecule has 6 rings (SSSR count). The minimum atomic E-state index is -1.57. The lowest BCUT2D eigenvalue weighted by Crippen LogP contribution is -2.75. The SMILES string of the molecule is CC1CN2c3c(cc4c(-c5cncs5)noc4c3Cl)CC3(C(=O)NC(=O)NC3=O)C2C(C)O1. The molecule has 0 radical (unpaired) electrons. The lowest BCUT2D eigenvalue weighted by molar-refractivity contribution is -0.153. The van der Waals surface area contributed by atoms with Crippen LogP contribution in [0.4, 0.5) is 10.5 Å². The number of aromatic nitrogens is 2. The number of carbonyl (C=O) groups excluding carboxylic acids is 3. The number of halogens is 1. The van der Waals surface area contributed by atoms with Crippen LogP contribution in [-0.2, 0) is 20.7 Å². The first-order chi connectivity index (χ1) is 15.8. The summed E-state index contributed by atoms with van der Waals surface area (Å²) < 4.78 is 11.7. The standard InChI is InChI=1S/C21H18ClN5O5S/c1-8-6-27-15-10(3-11-14(12-5-23-7-33-12)26-32-16(11)13(15)22)4-21(17(27)9(2)31-8)18(28)24-20(30)25-19(21)29/h3,5,7-9,17H,4,6H2,1-2H3,(H2,24,25,28,29,30). The van der Waals surface area contributed by atoms with Gasteiger partial charge in [0.05, 0.1) is 39.7 Å². The number of nitrogens with zero attached hydrogens (tertiary/aromatic N) is 3. The van der Waals surface area contributed by atoms with Crippen molar-refractivity contribution < 1.29 is 23.6 Å². The van der Waals surface area contributed by atoms with Crippen LogP contribution >= 0.6 is 22.9 Å². The molecule has 3 unspecified atom stereocenters. The number of morpholine rings is 1. The van der Waals surface area contributed by atoms with Crippen LogP contribution in [0.15, 0.2) is 22.3 Å². The Morgan fingerprint density at radius 2 is 2.00 bits per heavy atom. The molecule has 170 valence electrons. The fraction of sp³-hybridized carbons (Fsp3) is 0.381. The monoisotopic (exact) mass is 487 g/mol. The van der Waals surface area contributed by atoms with E-state index in [2.05, 4.69) is 20.8 Å². The van der Waals surface area contributed by atoms with Crippen LogP contribution in [0, 0.1) is 5.41 Å². The van der Waals surface area contributed by atoms with E-state index in [1.807, 2.05) is 24.8 Å². The Balaban J connectivity index is 1.61. The molecule has 3 aromatic rings. The van der Waals surface area contributed by atoms with Gasteiger partial charge < -0.3 is 14.2 Å². The van der Waals surface area contributed by atoms with Crippen molar-refractivity contribution in [3.05, 3.63) is 28.4 Å². The Morgan fingerprint density at radius 1 is 1.24 bits per heavy atom. The van der Waals surface area contributed by atoms with Gasteiger partial charge in [-0.2, -0.15) is 0 Å². The number of nitrogens with one attached hydrogen (secondary N) is 2. The van der Waals surface area contributed by atoms with Crippen molar-refractivity contribution in [3.8, 4) is 10.6 Å². The molecule has 10 nitrogen and oxygen atoms in total. The lowest BCUT2D eigenvalue weighted by Gasteiger charge is -2.55. The van der Waals surface area contributed by atoms with Gasteiger partial charge in [0.2, 0.25) is 11.8 Å². The summed E-state index contributed by atoms with van der Waals surface area (Å²) in [4.78, 5) is 45.3. The molecular weight excluding hydrogens is 470 g/mol. The maximum Gasteiger partial charge on any atom is 0.328 e. The number of amides is 4. The van der Waals surface area contributed by atoms with Gasteiger partial charge in [-0.3, -0.25) is 25.2 Å². The molecule has 3 aliphatic rings. The van der Waals surface area contributed by atoms with Crippen molar-refractivity contribution >= 4 is 57.4 Å². The molecule has 5 heterocycles. The summed E-state index contributed by atoms with van der Waals surface area (Å²) in [5.74, 6) is -1.29. The molecule has 0 bridgehead atoms. The third kappa shape index (κ3) is 2.73. The number of thiazole rings is 1. The van der Waals surface area contributed by atoms with Gasteiger partial charge in [0.15, 0.2) is 11.0 Å². The summed E-state index contributed by atoms with van der Waals surface area (Å²) in [6.45, 7) is 4.14. The van der Waals surface area contributed by atoms with Gasteiger partial charge in [0.25, 0.3) is 0 Å². The first kappa shape index (κ1) is 20.6. The number of rotatable bonds is 1. The summed E-state index contributed by atoms with van der Waals surface area (Å²) in [7, 11) is 0. The Kier molecular flexibility index (Phi) is 4.36. The predicted octanol–water partition coefficient (Wildman–Crippen LogP) is 2.50. The molecule has 3 atom stereocenters. The number of anilines is 1. The minimum Gasteiger partial charge on any atom is -0.372 e. The third-order valence-corrected chi connectivity index (χ3v) is 7.76. The van der Waals surface area contributed by atoms with Crippen molar-refractivity contribution in [1.29, 1.82) is 0 Å². The van der Waals surface area contributed by atoms with E-state index in [1.54, 1.807) is 11.7 Å². The number of ether oxygens (including phenoxy) is 1. The molecule has 3 aliphatic heterocycles. The quantitative estimate of drug-likeness (QED) is 0.501. The molecule has 12 heteroatoms. The average Bonchev–Trinajstić information content (AvgIpc) is 3.41. The number of barbiturate groups is 1. The van der Waals surface area contributed by atoms with Crippen molar-refractivity contribution in [1.82, 2.24) is 20.8 Å². The zero-order valence-corrected chi connectivity index (χ0v) is 19.1. The highest BCUT2D eigenvalue weighted by Crippen LogP contribution is 2.51. The Hall–Kier alpha value is -3.02. The van der Waals surface area contributed by atoms with E-state index in [0.717, 1.165) is 4.88 Å². The van der Waals surface area contributed by atoms with Gasteiger partial charge in [-0.15, -0.1) is 11.3 Å². The highest BCUT2D eigenvalue weighted by atomic mass is 35.5. The van der Waals surface area contributed by atoms with Crippen molar-refractivity contribution in [2.24, 2.45) is 5.41 Å². The van der Waals surface area contributed by atoms with Crippen LogP contribution in [0.3, 0.4) is 0 Å². The molecule has 1 aromatic carbocycles. The number of hydrogen-bond donors (Lipinski definition) is 2. The van der Waals surface area contributed by atoms with Gasteiger partial charge in [-0.25, -0.2) is 4.79 Å². The largest absolute Gasteiger partial charge is 0.372 e. The molecule has 2 N–H and O–H groups in total. The van der Waals surface area contributed by atoms with Crippen LogP contribution in [0.1, 0.15) is 19.4 Å². The molecule has 2 aromatic heterocycles. The second kappa shape index (κ2) is 6.99. The van der Waals surface area contributed by atoms with Crippen LogP contribution in [0.2, 0.25) is 5.02 Å². The first-order valence-corrected chi connectivity index (χ1v) is 11.7. The molecule has 2 fully saturated rings. The van der Waals surface area contributed by atoms with Crippen molar-refractivity contribution in [2.45, 2.75) is 38.5 Å². The molecular formula is C21H18ClN5O5S. The third-order valence-electron chi connectivity index (χ3n) is 6.63. The van der Waals surface area contributed by atoms with E-state index < -0.39 is 35.4 Å². The number of benzene rings is 1. The minimum absolute atomic E-state index is 0.0412. The maximum absolute atomic E-state index is 13.3. The van der Waals surface area contributed by atoms with E-state index in [4.69, 9.17) is 20.9 Å². The van der Waals surface area contributed by atoms with Gasteiger partial charge >= 0.3 is 6.03 Å². The second-order valence-electron chi connectivity index (χ2n) is 8.61. The average molecular weight is 488 g/mol. The van der Waals surface area contributed by atoms with Crippen LogP contribution in [0.5, 0.6) is 0 Å². The highest BCUT2D eigenvalue weighted by molar-refractivity contribution is 7.13. The smallest absolute Gasteiger partial charge is 0.328 e. The van der Waals surface area contributed by atoms with Gasteiger partial charge in [-0.1, -0.05) is 16.8 Å². The fourth-order valence-corrected chi connectivity index (χ4v) is 6.44. The van der Waals surface area contributed by atoms with Crippen LogP contribution in [-0.4, -0.2) is 52.8 Å². The van der Waals surface area contributed by atoms with Crippen LogP contribution < -0.4 is 15.5 Å². The number of fused-ring (bicyclic) bond motifs is 5.